The summed E-state index contributed by atoms with van der Waals surface area (Å²) in [7, 11) is 0. The van der Waals surface area contributed by atoms with Gasteiger partial charge in [0.2, 0.25) is 0 Å². The molecule has 0 nitrogen and oxygen atoms in total. The maximum Gasteiger partial charge on any atom is 0.0670 e. The molecule has 0 heterocycles. The lowest BCUT2D eigenvalue weighted by molar-refractivity contribution is 0.738. The van der Waals surface area contributed by atoms with Crippen molar-refractivity contribution in [3.63, 3.8) is 0 Å². The Kier molecular flexibility index (Phi) is 18.9. The summed E-state index contributed by atoms with van der Waals surface area (Å²) in [6.45, 7) is 27.2. The molecular formula is C52H64. The summed E-state index contributed by atoms with van der Waals surface area (Å²) >= 11 is 0. The molecule has 0 amide bonds. The predicted molar refractivity (Wildman–Crippen MR) is 235 cm³/mol. The van der Waals surface area contributed by atoms with E-state index >= 15 is 0 Å². The van der Waals surface area contributed by atoms with E-state index in [0.29, 0.717) is 0 Å². The van der Waals surface area contributed by atoms with Crippen LogP contribution in [0.5, 0.6) is 0 Å². The van der Waals surface area contributed by atoms with E-state index in [1.807, 2.05) is 32.9 Å². The first-order chi connectivity index (χ1) is 25.1. The molecule has 272 valence electrons. The smallest absolute Gasteiger partial charge is 0.0670 e. The van der Waals surface area contributed by atoms with Crippen LogP contribution in [0.25, 0.3) is 16.7 Å². The van der Waals surface area contributed by atoms with Crippen LogP contribution >= 0.6 is 0 Å². The van der Waals surface area contributed by atoms with Crippen molar-refractivity contribution in [1.82, 2.24) is 0 Å². The normalized spacial score (nSPS) is 15.4. The molecule has 4 aromatic carbocycles. The van der Waals surface area contributed by atoms with Crippen LogP contribution in [0, 0.1) is 20.8 Å². The molecule has 0 aliphatic heterocycles. The van der Waals surface area contributed by atoms with Gasteiger partial charge in [-0.05, 0) is 100 Å². The van der Waals surface area contributed by atoms with Crippen molar-refractivity contribution in [2.45, 2.75) is 94.4 Å². The molecule has 5 rings (SSSR count). The van der Waals surface area contributed by atoms with E-state index in [1.165, 1.54) is 66.8 Å². The molecule has 0 heteroatoms. The van der Waals surface area contributed by atoms with Gasteiger partial charge in [-0.2, -0.15) is 0 Å². The first-order valence-corrected chi connectivity index (χ1v) is 19.1. The third-order valence-corrected chi connectivity index (χ3v) is 9.06. The second-order valence-corrected chi connectivity index (χ2v) is 13.1. The SMILES string of the molecule is C/C=C\C(C)=C/CC.C=C/C=C\C=C(/C)C1(c2ccccc2)C(/C=C\CC)=C(C)c2ccc(C)cc21.CC.Cc1ccc(-c2cccc(C)c2)cc1. The van der Waals surface area contributed by atoms with Gasteiger partial charge in [-0.15, -0.1) is 0 Å². The zero-order valence-corrected chi connectivity index (χ0v) is 34.1. The summed E-state index contributed by atoms with van der Waals surface area (Å²) in [5, 5.41) is 0. The summed E-state index contributed by atoms with van der Waals surface area (Å²) in [5.41, 5.74) is 15.7. The van der Waals surface area contributed by atoms with E-state index in [1.54, 1.807) is 0 Å². The van der Waals surface area contributed by atoms with E-state index < -0.39 is 0 Å². The number of rotatable bonds is 9. The molecule has 52 heavy (non-hydrogen) atoms. The molecule has 1 aliphatic rings. The standard InChI is InChI=1S/C28H30.C14H14.C8H14.C2H6/c1-6-8-11-14-22(4)28(24-15-12-10-13-16-24)26(17-9-7-2)23(5)25-19-18-21(3)20-27(25)28;1-11-6-8-13(9-7-11)14-5-3-4-12(2)10-14;1-4-6-8(3)7-5-2;1-2/h6,8-20H,1,7H2,2-5H3;3-10H,1-2H3;4,6-7H,5H2,1-3H3;1-2H3/b11-8-,17-9-,22-14+;;6-4-,8-7-;. The Bertz CT molecular complexity index is 1870. The van der Waals surface area contributed by atoms with Gasteiger partial charge in [0.15, 0.2) is 0 Å². The predicted octanol–water partition coefficient (Wildman–Crippen LogP) is 15.6. The maximum atomic E-state index is 3.81. The molecule has 0 radical (unpaired) electrons. The number of hydrogen-bond acceptors (Lipinski definition) is 0. The van der Waals surface area contributed by atoms with E-state index in [0.717, 1.165) is 12.8 Å². The first kappa shape index (κ1) is 43.2. The van der Waals surface area contributed by atoms with Crippen LogP contribution in [0.15, 0.2) is 175 Å². The Morgan fingerprint density at radius 3 is 1.94 bits per heavy atom. The van der Waals surface area contributed by atoms with Crippen molar-refractivity contribution in [2.75, 3.05) is 0 Å². The highest BCUT2D eigenvalue weighted by Gasteiger charge is 2.45. The molecule has 0 saturated heterocycles. The van der Waals surface area contributed by atoms with Gasteiger partial charge in [-0.1, -0.05) is 214 Å². The molecule has 4 aromatic rings. The topological polar surface area (TPSA) is 0 Å². The number of hydrogen-bond donors (Lipinski definition) is 0. The maximum absolute atomic E-state index is 3.81. The lowest BCUT2D eigenvalue weighted by Gasteiger charge is -2.35. The average Bonchev–Trinajstić information content (AvgIpc) is 3.40. The average molecular weight is 689 g/mol. The second kappa shape index (κ2) is 22.8. The highest BCUT2D eigenvalue weighted by atomic mass is 14.5. The monoisotopic (exact) mass is 689 g/mol. The lowest BCUT2D eigenvalue weighted by atomic mass is 9.66. The van der Waals surface area contributed by atoms with Gasteiger partial charge in [0.05, 0.1) is 5.41 Å². The van der Waals surface area contributed by atoms with Gasteiger partial charge in [0, 0.05) is 0 Å². The van der Waals surface area contributed by atoms with Crippen molar-refractivity contribution in [1.29, 1.82) is 0 Å². The van der Waals surface area contributed by atoms with Gasteiger partial charge in [0.1, 0.15) is 0 Å². The number of allylic oxidation sites excluding steroid dienone is 13. The Labute approximate surface area is 318 Å². The van der Waals surface area contributed by atoms with Crippen molar-refractivity contribution in [3.8, 4) is 11.1 Å². The van der Waals surface area contributed by atoms with E-state index in [4.69, 9.17) is 0 Å². The van der Waals surface area contributed by atoms with Gasteiger partial charge < -0.3 is 0 Å². The Morgan fingerprint density at radius 1 is 0.692 bits per heavy atom. The van der Waals surface area contributed by atoms with E-state index in [9.17, 15) is 0 Å². The Morgan fingerprint density at radius 2 is 1.35 bits per heavy atom. The zero-order chi connectivity index (χ0) is 38.5. The fourth-order valence-electron chi connectivity index (χ4n) is 6.63. The summed E-state index contributed by atoms with van der Waals surface area (Å²) in [4.78, 5) is 0. The van der Waals surface area contributed by atoms with Gasteiger partial charge in [0.25, 0.3) is 0 Å². The summed E-state index contributed by atoms with van der Waals surface area (Å²) in [6, 6.07) is 35.0. The summed E-state index contributed by atoms with van der Waals surface area (Å²) in [5.74, 6) is 0. The van der Waals surface area contributed by atoms with E-state index in [2.05, 4.69) is 202 Å². The number of fused-ring (bicyclic) bond motifs is 1. The highest BCUT2D eigenvalue weighted by Crippen LogP contribution is 2.55. The molecule has 1 unspecified atom stereocenters. The first-order valence-electron chi connectivity index (χ1n) is 19.1. The Balaban J connectivity index is 0.000000322. The van der Waals surface area contributed by atoms with Gasteiger partial charge >= 0.3 is 0 Å². The molecule has 1 atom stereocenters. The van der Waals surface area contributed by atoms with Crippen LogP contribution in [0.1, 0.15) is 102 Å². The second-order valence-electron chi connectivity index (χ2n) is 13.1. The van der Waals surface area contributed by atoms with Crippen molar-refractivity contribution >= 4 is 5.57 Å². The Hall–Kier alpha value is -4.94. The molecule has 0 spiro atoms. The molecular weight excluding hydrogens is 625 g/mol. The van der Waals surface area contributed by atoms with Crippen molar-refractivity contribution in [2.24, 2.45) is 0 Å². The molecule has 0 saturated carbocycles. The minimum absolute atomic E-state index is 0.274. The molecule has 0 aromatic heterocycles. The van der Waals surface area contributed by atoms with Crippen LogP contribution < -0.4 is 0 Å². The van der Waals surface area contributed by atoms with Gasteiger partial charge in [-0.25, -0.2) is 0 Å². The lowest BCUT2D eigenvalue weighted by Crippen LogP contribution is -2.29. The van der Waals surface area contributed by atoms with Crippen LogP contribution in [0.4, 0.5) is 0 Å². The fraction of sp³-hybridized carbons (Fsp3) is 0.269. The largest absolute Gasteiger partial charge is 0.0991 e. The molecule has 0 N–H and O–H groups in total. The van der Waals surface area contributed by atoms with E-state index in [-0.39, 0.29) is 5.41 Å². The van der Waals surface area contributed by atoms with Crippen molar-refractivity contribution in [3.05, 3.63) is 208 Å². The molecule has 0 fully saturated rings. The number of aryl methyl sites for hydroxylation is 3. The van der Waals surface area contributed by atoms with Crippen LogP contribution in [0.3, 0.4) is 0 Å². The fourth-order valence-corrected chi connectivity index (χ4v) is 6.63. The molecule has 0 bridgehead atoms. The zero-order valence-electron chi connectivity index (χ0n) is 34.1. The minimum atomic E-state index is -0.274. The summed E-state index contributed by atoms with van der Waals surface area (Å²) < 4.78 is 0. The van der Waals surface area contributed by atoms with Crippen LogP contribution in [0.2, 0.25) is 0 Å². The summed E-state index contributed by atoms with van der Waals surface area (Å²) in [6.07, 6.45) is 21.3. The third kappa shape index (κ3) is 11.5. The quantitative estimate of drug-likeness (QED) is 0.154. The van der Waals surface area contributed by atoms with Crippen molar-refractivity contribution < 1.29 is 0 Å². The molecule has 1 aliphatic carbocycles. The minimum Gasteiger partial charge on any atom is -0.0991 e. The van der Waals surface area contributed by atoms with Gasteiger partial charge in [-0.3, -0.25) is 0 Å². The van der Waals surface area contributed by atoms with Crippen LogP contribution in [-0.4, -0.2) is 0 Å². The van der Waals surface area contributed by atoms with Crippen LogP contribution in [-0.2, 0) is 5.41 Å². The highest BCUT2D eigenvalue weighted by molar-refractivity contribution is 5.86. The number of benzene rings is 4. The third-order valence-electron chi connectivity index (χ3n) is 9.06.